The zero-order chi connectivity index (χ0) is 23.3. The topological polar surface area (TPSA) is 115 Å². The molecule has 1 aliphatic rings. The average molecular weight is 482 g/mol. The maximum atomic E-state index is 12.9. The highest BCUT2D eigenvalue weighted by Crippen LogP contribution is 2.28. The molecule has 0 aliphatic carbocycles. The number of amides is 1. The Bertz CT molecular complexity index is 1060. The van der Waals surface area contributed by atoms with Gasteiger partial charge in [-0.05, 0) is 57.9 Å². The molecule has 2 aromatic rings. The quantitative estimate of drug-likeness (QED) is 0.576. The van der Waals surface area contributed by atoms with E-state index in [4.69, 9.17) is 9.47 Å². The molecule has 174 valence electrons. The Morgan fingerprint density at radius 1 is 1.16 bits per heavy atom. The van der Waals surface area contributed by atoms with Crippen LogP contribution < -0.4 is 10.1 Å². The van der Waals surface area contributed by atoms with Gasteiger partial charge in [-0.2, -0.15) is 4.31 Å². The van der Waals surface area contributed by atoms with Gasteiger partial charge in [0.25, 0.3) is 0 Å². The molecule has 0 atom stereocenters. The van der Waals surface area contributed by atoms with E-state index < -0.39 is 16.0 Å². The predicted octanol–water partition coefficient (Wildman–Crippen LogP) is 3.07. The number of carbonyl (C=O) groups is 2. The summed E-state index contributed by atoms with van der Waals surface area (Å²) in [6.07, 6.45) is 0.800. The summed E-state index contributed by atoms with van der Waals surface area (Å²) < 4.78 is 37.6. The molecule has 32 heavy (non-hydrogen) atoms. The molecule has 3 rings (SSSR count). The monoisotopic (exact) mass is 481 g/mol. The molecule has 0 bridgehead atoms. The Balaban J connectivity index is 1.58. The number of aryl methyl sites for hydroxylation is 1. The first-order chi connectivity index (χ1) is 15.3. The highest BCUT2D eigenvalue weighted by atomic mass is 32.2. The van der Waals surface area contributed by atoms with Crippen LogP contribution in [0, 0.1) is 12.8 Å². The first kappa shape index (κ1) is 24.1. The molecule has 1 aliphatic heterocycles. The molecule has 1 aromatic heterocycles. The van der Waals surface area contributed by atoms with Crippen LogP contribution in [0.1, 0.15) is 42.1 Å². The lowest BCUT2D eigenvalue weighted by Gasteiger charge is -2.30. The highest BCUT2D eigenvalue weighted by molar-refractivity contribution is 7.89. The second kappa shape index (κ2) is 10.4. The van der Waals surface area contributed by atoms with Gasteiger partial charge in [-0.1, -0.05) is 11.3 Å². The molecule has 1 aromatic carbocycles. The third-order valence-corrected chi connectivity index (χ3v) is 8.05. The van der Waals surface area contributed by atoms with Gasteiger partial charge in [-0.15, -0.1) is 0 Å². The Labute approximate surface area is 191 Å². The summed E-state index contributed by atoms with van der Waals surface area (Å²) in [5.74, 6) is -0.412. The molecule has 0 unspecified atom stereocenters. The third-order valence-electron chi connectivity index (χ3n) is 5.08. The van der Waals surface area contributed by atoms with Crippen LogP contribution in [0.25, 0.3) is 0 Å². The van der Waals surface area contributed by atoms with Crippen molar-refractivity contribution in [1.29, 1.82) is 0 Å². The molecule has 1 N–H and O–H groups in total. The maximum absolute atomic E-state index is 12.9. The van der Waals surface area contributed by atoms with E-state index in [2.05, 4.69) is 10.3 Å². The zero-order valence-corrected chi connectivity index (χ0v) is 19.9. The highest BCUT2D eigenvalue weighted by Gasteiger charge is 2.32. The van der Waals surface area contributed by atoms with E-state index in [1.165, 1.54) is 16.4 Å². The van der Waals surface area contributed by atoms with Crippen molar-refractivity contribution in [3.8, 4) is 5.75 Å². The molecule has 2 heterocycles. The molecule has 11 heteroatoms. The summed E-state index contributed by atoms with van der Waals surface area (Å²) in [4.78, 5) is 29.4. The lowest BCUT2D eigenvalue weighted by molar-refractivity contribution is -0.120. The Morgan fingerprint density at radius 2 is 1.81 bits per heavy atom. The molecular weight excluding hydrogens is 454 g/mol. The SMILES string of the molecule is CCOC(=O)c1sc(NC(=O)C2CCN(S(=O)(=O)c3ccc(OCC)cc3)CC2)nc1C. The van der Waals surface area contributed by atoms with Gasteiger partial charge >= 0.3 is 5.97 Å². The standard InChI is InChI=1S/C21H27N3O6S2/c1-4-29-16-6-8-17(9-7-16)32(27,28)24-12-10-15(11-13-24)19(25)23-21-22-14(3)18(31-21)20(26)30-5-2/h6-9,15H,4-5,10-13H2,1-3H3,(H,22,23,25). The smallest absolute Gasteiger partial charge is 0.350 e. The van der Waals surface area contributed by atoms with Gasteiger partial charge in [0.2, 0.25) is 15.9 Å². The number of benzene rings is 1. The first-order valence-electron chi connectivity index (χ1n) is 10.4. The van der Waals surface area contributed by atoms with E-state index in [1.807, 2.05) is 6.92 Å². The number of esters is 1. The first-order valence-corrected chi connectivity index (χ1v) is 12.7. The van der Waals surface area contributed by atoms with Gasteiger partial charge in [-0.25, -0.2) is 18.2 Å². The van der Waals surface area contributed by atoms with Gasteiger partial charge in [-0.3, -0.25) is 4.79 Å². The van der Waals surface area contributed by atoms with Crippen molar-refractivity contribution in [2.75, 3.05) is 31.6 Å². The van der Waals surface area contributed by atoms with E-state index in [0.717, 1.165) is 11.3 Å². The molecule has 1 fully saturated rings. The number of ether oxygens (including phenoxy) is 2. The van der Waals surface area contributed by atoms with Crippen molar-refractivity contribution >= 4 is 38.4 Å². The van der Waals surface area contributed by atoms with Crippen molar-refractivity contribution in [1.82, 2.24) is 9.29 Å². The normalized spacial score (nSPS) is 15.3. The molecule has 1 amide bonds. The van der Waals surface area contributed by atoms with Crippen LogP contribution in [0.15, 0.2) is 29.2 Å². The molecule has 0 saturated carbocycles. The van der Waals surface area contributed by atoms with E-state index in [-0.39, 0.29) is 36.4 Å². The Hall–Kier alpha value is -2.50. The predicted molar refractivity (Wildman–Crippen MR) is 121 cm³/mol. The van der Waals surface area contributed by atoms with Crippen molar-refractivity contribution in [2.45, 2.75) is 38.5 Å². The van der Waals surface area contributed by atoms with Crippen LogP contribution >= 0.6 is 11.3 Å². The van der Waals surface area contributed by atoms with Gasteiger partial charge in [0.1, 0.15) is 10.6 Å². The van der Waals surface area contributed by atoms with Gasteiger partial charge < -0.3 is 14.8 Å². The van der Waals surface area contributed by atoms with Crippen LogP contribution in [-0.2, 0) is 19.6 Å². The number of nitrogens with one attached hydrogen (secondary N) is 1. The van der Waals surface area contributed by atoms with Gasteiger partial charge in [0.15, 0.2) is 5.13 Å². The summed E-state index contributed by atoms with van der Waals surface area (Å²) in [5.41, 5.74) is 0.500. The fraction of sp³-hybridized carbons (Fsp3) is 0.476. The van der Waals surface area contributed by atoms with Crippen LogP contribution in [0.3, 0.4) is 0 Å². The van der Waals surface area contributed by atoms with Crippen LogP contribution in [0.2, 0.25) is 0 Å². The summed E-state index contributed by atoms with van der Waals surface area (Å²) in [6, 6.07) is 6.34. The van der Waals surface area contributed by atoms with E-state index in [1.54, 1.807) is 26.0 Å². The van der Waals surface area contributed by atoms with Crippen LogP contribution in [0.4, 0.5) is 5.13 Å². The summed E-state index contributed by atoms with van der Waals surface area (Å²) in [6.45, 7) is 6.53. The van der Waals surface area contributed by atoms with E-state index in [0.29, 0.717) is 40.9 Å². The third kappa shape index (κ3) is 5.45. The number of nitrogens with zero attached hydrogens (tertiary/aromatic N) is 2. The fourth-order valence-corrected chi connectivity index (χ4v) is 5.76. The molecule has 0 spiro atoms. The van der Waals surface area contributed by atoms with Gasteiger partial charge in [0.05, 0.1) is 23.8 Å². The lowest BCUT2D eigenvalue weighted by atomic mass is 9.97. The summed E-state index contributed by atoms with van der Waals surface area (Å²) in [7, 11) is -3.63. The van der Waals surface area contributed by atoms with E-state index in [9.17, 15) is 18.0 Å². The van der Waals surface area contributed by atoms with E-state index >= 15 is 0 Å². The van der Waals surface area contributed by atoms with Crippen molar-refractivity contribution in [3.05, 3.63) is 34.8 Å². The largest absolute Gasteiger partial charge is 0.494 e. The average Bonchev–Trinajstić information content (AvgIpc) is 3.14. The lowest BCUT2D eigenvalue weighted by Crippen LogP contribution is -2.41. The number of carbonyl (C=O) groups excluding carboxylic acids is 2. The minimum atomic E-state index is -3.63. The fourth-order valence-electron chi connectivity index (χ4n) is 3.43. The maximum Gasteiger partial charge on any atom is 0.350 e. The number of hydrogen-bond donors (Lipinski definition) is 1. The van der Waals surface area contributed by atoms with Crippen molar-refractivity contribution in [3.63, 3.8) is 0 Å². The number of rotatable bonds is 8. The number of hydrogen-bond acceptors (Lipinski definition) is 8. The Morgan fingerprint density at radius 3 is 2.41 bits per heavy atom. The second-order valence-corrected chi connectivity index (χ2v) is 10.2. The van der Waals surface area contributed by atoms with Crippen LogP contribution in [0.5, 0.6) is 5.75 Å². The van der Waals surface area contributed by atoms with Crippen molar-refractivity contribution in [2.24, 2.45) is 5.92 Å². The number of aromatic nitrogens is 1. The minimum absolute atomic E-state index is 0.202. The summed E-state index contributed by atoms with van der Waals surface area (Å²) in [5, 5.41) is 3.09. The van der Waals surface area contributed by atoms with Gasteiger partial charge in [0, 0.05) is 19.0 Å². The second-order valence-electron chi connectivity index (χ2n) is 7.23. The van der Waals surface area contributed by atoms with Crippen molar-refractivity contribution < 1.29 is 27.5 Å². The molecular formula is C21H27N3O6S2. The Kier molecular flexibility index (Phi) is 7.86. The molecule has 1 saturated heterocycles. The van der Waals surface area contributed by atoms with Crippen LogP contribution in [-0.4, -0.2) is 55.9 Å². The summed E-state index contributed by atoms with van der Waals surface area (Å²) >= 11 is 1.07. The number of thiazole rings is 1. The molecule has 0 radical (unpaired) electrons. The zero-order valence-electron chi connectivity index (χ0n) is 18.3. The molecule has 9 nitrogen and oxygen atoms in total. The number of anilines is 1. The number of piperidine rings is 1. The minimum Gasteiger partial charge on any atom is -0.494 e. The number of sulfonamides is 1.